The quantitative estimate of drug-likeness (QED) is 0.631. The largest absolute Gasteiger partial charge is 0.384 e. The van der Waals surface area contributed by atoms with Gasteiger partial charge in [-0.1, -0.05) is 6.92 Å². The van der Waals surface area contributed by atoms with Crippen molar-refractivity contribution in [1.29, 1.82) is 0 Å². The molecule has 2 N–H and O–H groups in total. The third-order valence-electron chi connectivity index (χ3n) is 1.70. The molecule has 2 atom stereocenters. The number of rotatable bonds is 5. The first kappa shape index (κ1) is 11.5. The molecule has 0 spiro atoms. The van der Waals surface area contributed by atoms with E-state index < -0.39 is 0 Å². The van der Waals surface area contributed by atoms with Gasteiger partial charge in [0.2, 0.25) is 0 Å². The number of ether oxygens (including phenoxy) is 1. The van der Waals surface area contributed by atoms with Gasteiger partial charge in [-0.05, 0) is 19.3 Å². The second kappa shape index (κ2) is 7.15. The molecule has 0 aromatic carbocycles. The highest BCUT2D eigenvalue weighted by Crippen LogP contribution is 2.06. The minimum Gasteiger partial charge on any atom is -0.384 e. The third-order valence-corrected chi connectivity index (χ3v) is 1.70. The molecular weight excluding hydrogens is 150 g/mol. The highest BCUT2D eigenvalue weighted by Gasteiger charge is 2.07. The Morgan fingerprint density at radius 3 is 2.67 bits per heavy atom. The van der Waals surface area contributed by atoms with Gasteiger partial charge in [0.05, 0.1) is 0 Å². The molecule has 0 amide bonds. The van der Waals surface area contributed by atoms with Crippen molar-refractivity contribution >= 4 is 0 Å². The van der Waals surface area contributed by atoms with Crippen LogP contribution in [-0.4, -0.2) is 19.8 Å². The van der Waals surface area contributed by atoms with E-state index in [9.17, 15) is 0 Å². The molecule has 2 heteroatoms. The average Bonchev–Trinajstić information content (AvgIpc) is 2.01. The summed E-state index contributed by atoms with van der Waals surface area (Å²) in [4.78, 5) is 0. The standard InChI is InChI=1S/C10H19NO/c1-4-5-6-10(11)7-9(2)8-12-3/h9-10H,6-8,11H2,1-3H3. The summed E-state index contributed by atoms with van der Waals surface area (Å²) < 4.78 is 5.02. The van der Waals surface area contributed by atoms with E-state index in [1.165, 1.54) is 0 Å². The van der Waals surface area contributed by atoms with Crippen LogP contribution in [-0.2, 0) is 4.74 Å². The van der Waals surface area contributed by atoms with Crippen molar-refractivity contribution in [3.63, 3.8) is 0 Å². The Hall–Kier alpha value is -0.520. The van der Waals surface area contributed by atoms with E-state index in [0.29, 0.717) is 5.92 Å². The monoisotopic (exact) mass is 169 g/mol. The van der Waals surface area contributed by atoms with Crippen LogP contribution in [0.15, 0.2) is 0 Å². The van der Waals surface area contributed by atoms with Crippen LogP contribution < -0.4 is 5.73 Å². The Morgan fingerprint density at radius 1 is 1.50 bits per heavy atom. The molecule has 0 saturated heterocycles. The average molecular weight is 169 g/mol. The van der Waals surface area contributed by atoms with Crippen LogP contribution in [0.5, 0.6) is 0 Å². The third kappa shape index (κ3) is 6.21. The van der Waals surface area contributed by atoms with Gasteiger partial charge < -0.3 is 10.5 Å². The van der Waals surface area contributed by atoms with Gasteiger partial charge in [0.25, 0.3) is 0 Å². The van der Waals surface area contributed by atoms with Gasteiger partial charge in [-0.3, -0.25) is 0 Å². The van der Waals surface area contributed by atoms with Crippen LogP contribution in [0.2, 0.25) is 0 Å². The van der Waals surface area contributed by atoms with Gasteiger partial charge in [-0.15, -0.1) is 11.8 Å². The molecule has 0 aromatic rings. The first-order valence-electron chi connectivity index (χ1n) is 4.34. The maximum atomic E-state index is 5.83. The van der Waals surface area contributed by atoms with Crippen LogP contribution in [0, 0.1) is 17.8 Å². The molecule has 0 radical (unpaired) electrons. The highest BCUT2D eigenvalue weighted by molar-refractivity contribution is 4.97. The van der Waals surface area contributed by atoms with E-state index in [0.717, 1.165) is 19.4 Å². The Labute approximate surface area is 75.5 Å². The van der Waals surface area contributed by atoms with Gasteiger partial charge in [0.1, 0.15) is 0 Å². The summed E-state index contributed by atoms with van der Waals surface area (Å²) in [5.74, 6) is 6.35. The number of hydrogen-bond acceptors (Lipinski definition) is 2. The number of methoxy groups -OCH3 is 1. The van der Waals surface area contributed by atoms with E-state index in [2.05, 4.69) is 18.8 Å². The van der Waals surface area contributed by atoms with Crippen molar-refractivity contribution in [3.05, 3.63) is 0 Å². The molecule has 0 aliphatic heterocycles. The van der Waals surface area contributed by atoms with E-state index >= 15 is 0 Å². The Bertz CT molecular complexity index is 157. The van der Waals surface area contributed by atoms with Gasteiger partial charge in [-0.2, -0.15) is 0 Å². The fraction of sp³-hybridized carbons (Fsp3) is 0.800. The molecule has 0 aromatic heterocycles. The topological polar surface area (TPSA) is 35.2 Å². The number of hydrogen-bond donors (Lipinski definition) is 1. The second-order valence-electron chi connectivity index (χ2n) is 3.19. The van der Waals surface area contributed by atoms with Crippen molar-refractivity contribution < 1.29 is 4.74 Å². The predicted octanol–water partition coefficient (Wildman–Crippen LogP) is 1.40. The molecule has 0 saturated carbocycles. The van der Waals surface area contributed by atoms with Crippen molar-refractivity contribution in [3.8, 4) is 11.8 Å². The van der Waals surface area contributed by atoms with Crippen molar-refractivity contribution in [2.75, 3.05) is 13.7 Å². The summed E-state index contributed by atoms with van der Waals surface area (Å²) in [7, 11) is 1.72. The molecule has 0 heterocycles. The van der Waals surface area contributed by atoms with Gasteiger partial charge in [-0.25, -0.2) is 0 Å². The maximum absolute atomic E-state index is 5.83. The lowest BCUT2D eigenvalue weighted by molar-refractivity contribution is 0.152. The SMILES string of the molecule is CC#CCC(N)CC(C)COC. The maximum Gasteiger partial charge on any atom is 0.0488 e. The molecule has 0 rings (SSSR count). The van der Waals surface area contributed by atoms with E-state index in [4.69, 9.17) is 10.5 Å². The van der Waals surface area contributed by atoms with Gasteiger partial charge in [0.15, 0.2) is 0 Å². The minimum absolute atomic E-state index is 0.197. The van der Waals surface area contributed by atoms with E-state index in [1.807, 2.05) is 6.92 Å². The number of nitrogens with two attached hydrogens (primary N) is 1. The molecule has 0 fully saturated rings. The smallest absolute Gasteiger partial charge is 0.0488 e. The Morgan fingerprint density at radius 2 is 2.17 bits per heavy atom. The second-order valence-corrected chi connectivity index (χ2v) is 3.19. The lowest BCUT2D eigenvalue weighted by Gasteiger charge is -2.13. The fourth-order valence-electron chi connectivity index (χ4n) is 1.19. The fourth-order valence-corrected chi connectivity index (χ4v) is 1.19. The molecule has 12 heavy (non-hydrogen) atoms. The van der Waals surface area contributed by atoms with Crippen molar-refractivity contribution in [1.82, 2.24) is 0 Å². The summed E-state index contributed by atoms with van der Waals surface area (Å²) in [6.45, 7) is 4.77. The zero-order chi connectivity index (χ0) is 9.40. The molecule has 2 nitrogen and oxygen atoms in total. The Kier molecular flexibility index (Phi) is 6.84. The molecule has 70 valence electrons. The van der Waals surface area contributed by atoms with Crippen LogP contribution in [0.4, 0.5) is 0 Å². The molecule has 0 aliphatic rings. The van der Waals surface area contributed by atoms with E-state index in [-0.39, 0.29) is 6.04 Å². The summed E-state index contributed by atoms with van der Waals surface area (Å²) in [5.41, 5.74) is 5.83. The van der Waals surface area contributed by atoms with Crippen LogP contribution in [0.3, 0.4) is 0 Å². The lowest BCUT2D eigenvalue weighted by atomic mass is 10.0. The molecule has 0 aliphatic carbocycles. The molecular formula is C10H19NO. The van der Waals surface area contributed by atoms with Crippen LogP contribution in [0.1, 0.15) is 26.7 Å². The predicted molar refractivity (Wildman–Crippen MR) is 51.7 cm³/mol. The molecule has 0 bridgehead atoms. The normalized spacial score (nSPS) is 14.7. The summed E-state index contributed by atoms with van der Waals surface area (Å²) >= 11 is 0. The zero-order valence-electron chi connectivity index (χ0n) is 8.26. The van der Waals surface area contributed by atoms with Crippen LogP contribution >= 0.6 is 0 Å². The van der Waals surface area contributed by atoms with E-state index in [1.54, 1.807) is 7.11 Å². The Balaban J connectivity index is 3.50. The minimum atomic E-state index is 0.197. The molecule has 2 unspecified atom stereocenters. The first-order chi connectivity index (χ1) is 5.70. The summed E-state index contributed by atoms with van der Waals surface area (Å²) in [6.07, 6.45) is 1.78. The first-order valence-corrected chi connectivity index (χ1v) is 4.34. The van der Waals surface area contributed by atoms with Gasteiger partial charge >= 0.3 is 0 Å². The summed E-state index contributed by atoms with van der Waals surface area (Å²) in [6, 6.07) is 0.197. The highest BCUT2D eigenvalue weighted by atomic mass is 16.5. The van der Waals surface area contributed by atoms with Crippen LogP contribution in [0.25, 0.3) is 0 Å². The van der Waals surface area contributed by atoms with Crippen molar-refractivity contribution in [2.24, 2.45) is 11.7 Å². The zero-order valence-corrected chi connectivity index (χ0v) is 8.26. The van der Waals surface area contributed by atoms with Crippen molar-refractivity contribution in [2.45, 2.75) is 32.7 Å². The van der Waals surface area contributed by atoms with Gasteiger partial charge in [0, 0.05) is 26.2 Å². The lowest BCUT2D eigenvalue weighted by Crippen LogP contribution is -2.23. The summed E-state index contributed by atoms with van der Waals surface area (Å²) in [5, 5.41) is 0.